The van der Waals surface area contributed by atoms with Crippen LogP contribution in [-0.2, 0) is 9.59 Å². The number of likely N-dealkylation sites (tertiary alicyclic amines) is 1. The van der Waals surface area contributed by atoms with Crippen LogP contribution in [0.25, 0.3) is 0 Å². The molecule has 1 fully saturated rings. The van der Waals surface area contributed by atoms with Crippen molar-refractivity contribution in [3.8, 4) is 0 Å². The van der Waals surface area contributed by atoms with E-state index in [9.17, 15) is 14.4 Å². The molecule has 0 aromatic heterocycles. The van der Waals surface area contributed by atoms with E-state index < -0.39 is 18.0 Å². The van der Waals surface area contributed by atoms with Gasteiger partial charge in [0, 0.05) is 19.0 Å². The smallest absolute Gasteiger partial charge is 0.326 e. The lowest BCUT2D eigenvalue weighted by atomic mass is 10.1. The van der Waals surface area contributed by atoms with E-state index in [1.54, 1.807) is 4.90 Å². The molecule has 0 saturated carbocycles. The highest BCUT2D eigenvalue weighted by Gasteiger charge is 2.26. The molecule has 0 aromatic carbocycles. The molecule has 0 aliphatic carbocycles. The van der Waals surface area contributed by atoms with Crippen molar-refractivity contribution in [2.24, 2.45) is 0 Å². The topological polar surface area (TPSA) is 107 Å². The maximum atomic E-state index is 12.2. The zero-order valence-corrected chi connectivity index (χ0v) is 12.4. The number of carboxylic acid groups (broad SMARTS) is 2. The highest BCUT2D eigenvalue weighted by atomic mass is 16.4. The van der Waals surface area contributed by atoms with Gasteiger partial charge in [-0.25, -0.2) is 9.59 Å². The van der Waals surface area contributed by atoms with Gasteiger partial charge < -0.3 is 20.4 Å². The van der Waals surface area contributed by atoms with Crippen molar-refractivity contribution < 1.29 is 24.6 Å². The van der Waals surface area contributed by atoms with Crippen LogP contribution in [-0.4, -0.2) is 51.7 Å². The molecule has 1 aliphatic heterocycles. The van der Waals surface area contributed by atoms with Gasteiger partial charge in [-0.2, -0.15) is 0 Å². The lowest BCUT2D eigenvalue weighted by molar-refractivity contribution is -0.140. The van der Waals surface area contributed by atoms with Gasteiger partial charge in [0.05, 0.1) is 0 Å². The van der Waals surface area contributed by atoms with Crippen LogP contribution in [0.4, 0.5) is 4.79 Å². The fourth-order valence-corrected chi connectivity index (χ4v) is 2.52. The van der Waals surface area contributed by atoms with Gasteiger partial charge in [0.1, 0.15) is 6.04 Å². The Morgan fingerprint density at radius 3 is 2.57 bits per heavy atom. The molecule has 0 radical (unpaired) electrons. The van der Waals surface area contributed by atoms with Crippen LogP contribution in [0, 0.1) is 0 Å². The van der Waals surface area contributed by atoms with Crippen LogP contribution in [0.5, 0.6) is 0 Å². The summed E-state index contributed by atoms with van der Waals surface area (Å²) in [5.41, 5.74) is 0. The molecular formula is C14H24N2O5. The van der Waals surface area contributed by atoms with E-state index in [2.05, 4.69) is 5.32 Å². The Hall–Kier alpha value is -1.79. The van der Waals surface area contributed by atoms with E-state index >= 15 is 0 Å². The van der Waals surface area contributed by atoms with E-state index in [-0.39, 0.29) is 31.3 Å². The fraction of sp³-hybridized carbons (Fsp3) is 0.786. The van der Waals surface area contributed by atoms with Crippen LogP contribution in [0.1, 0.15) is 51.9 Å². The molecule has 1 unspecified atom stereocenters. The van der Waals surface area contributed by atoms with E-state index in [1.165, 1.54) is 0 Å². The zero-order valence-electron chi connectivity index (χ0n) is 12.4. The third-order valence-corrected chi connectivity index (χ3v) is 3.79. The first-order valence-corrected chi connectivity index (χ1v) is 7.43. The Morgan fingerprint density at radius 2 is 1.95 bits per heavy atom. The average molecular weight is 300 g/mol. The summed E-state index contributed by atoms with van der Waals surface area (Å²) in [4.78, 5) is 35.5. The van der Waals surface area contributed by atoms with Gasteiger partial charge in [0.25, 0.3) is 0 Å². The number of carboxylic acids is 2. The minimum Gasteiger partial charge on any atom is -0.481 e. The second-order valence-corrected chi connectivity index (χ2v) is 5.52. The van der Waals surface area contributed by atoms with Gasteiger partial charge in [-0.1, -0.05) is 12.8 Å². The molecule has 0 bridgehead atoms. The largest absolute Gasteiger partial charge is 0.481 e. The number of rotatable bonds is 6. The molecule has 120 valence electrons. The summed E-state index contributed by atoms with van der Waals surface area (Å²) >= 11 is 0. The molecule has 2 amide bonds. The van der Waals surface area contributed by atoms with E-state index in [0.29, 0.717) is 6.54 Å². The lowest BCUT2D eigenvalue weighted by Crippen LogP contribution is -2.50. The van der Waals surface area contributed by atoms with E-state index in [0.717, 1.165) is 25.7 Å². The van der Waals surface area contributed by atoms with Crippen molar-refractivity contribution in [1.29, 1.82) is 0 Å². The van der Waals surface area contributed by atoms with Crippen LogP contribution in [0.15, 0.2) is 0 Å². The van der Waals surface area contributed by atoms with Crippen molar-refractivity contribution in [3.05, 3.63) is 0 Å². The second-order valence-electron chi connectivity index (χ2n) is 5.52. The Balaban J connectivity index is 2.54. The molecule has 3 N–H and O–H groups in total. The second kappa shape index (κ2) is 8.49. The summed E-state index contributed by atoms with van der Waals surface area (Å²) in [5, 5.41) is 20.2. The van der Waals surface area contributed by atoms with Gasteiger partial charge in [-0.15, -0.1) is 0 Å². The maximum absolute atomic E-state index is 12.2. The Morgan fingerprint density at radius 1 is 1.24 bits per heavy atom. The third kappa shape index (κ3) is 6.01. The first-order chi connectivity index (χ1) is 9.91. The van der Waals surface area contributed by atoms with Crippen molar-refractivity contribution in [2.45, 2.75) is 64.0 Å². The van der Waals surface area contributed by atoms with Crippen LogP contribution in [0.2, 0.25) is 0 Å². The molecule has 7 heteroatoms. The standard InChI is InChI=1S/C14H24N2O5/c1-10-6-3-2-4-9-16(10)14(21)15-11(13(19)20)7-5-8-12(17)18/h10-11H,2-9H2,1H3,(H,15,21)(H,17,18)(H,19,20)/t10?,11-/m1/s1. The molecule has 7 nitrogen and oxygen atoms in total. The van der Waals surface area contributed by atoms with E-state index in [4.69, 9.17) is 10.2 Å². The summed E-state index contributed by atoms with van der Waals surface area (Å²) in [6.45, 7) is 2.60. The number of amides is 2. The SMILES string of the molecule is CC1CCCCCN1C(=O)N[C@H](CCCC(=O)O)C(=O)O. The molecule has 21 heavy (non-hydrogen) atoms. The molecule has 2 atom stereocenters. The van der Waals surface area contributed by atoms with Gasteiger partial charge >= 0.3 is 18.0 Å². The predicted octanol–water partition coefficient (Wildman–Crippen LogP) is 1.67. The van der Waals surface area contributed by atoms with Crippen molar-refractivity contribution in [1.82, 2.24) is 10.2 Å². The van der Waals surface area contributed by atoms with Gasteiger partial charge in [-0.05, 0) is 32.6 Å². The molecule has 1 rings (SSSR count). The first kappa shape index (κ1) is 17.3. The minimum atomic E-state index is -1.13. The monoisotopic (exact) mass is 300 g/mol. The van der Waals surface area contributed by atoms with Gasteiger partial charge in [0.15, 0.2) is 0 Å². The summed E-state index contributed by atoms with van der Waals surface area (Å²) in [6, 6.07) is -1.31. The predicted molar refractivity (Wildman–Crippen MR) is 76.1 cm³/mol. The normalized spacial score (nSPS) is 20.4. The number of hydrogen-bond donors (Lipinski definition) is 3. The highest BCUT2D eigenvalue weighted by molar-refractivity contribution is 5.82. The zero-order chi connectivity index (χ0) is 15.8. The van der Waals surface area contributed by atoms with Crippen LogP contribution >= 0.6 is 0 Å². The molecule has 1 heterocycles. The Labute approximate surface area is 124 Å². The van der Waals surface area contributed by atoms with Crippen molar-refractivity contribution in [2.75, 3.05) is 6.54 Å². The average Bonchev–Trinajstić information content (AvgIpc) is 2.61. The van der Waals surface area contributed by atoms with Crippen molar-refractivity contribution >= 4 is 18.0 Å². The van der Waals surface area contributed by atoms with Gasteiger partial charge in [-0.3, -0.25) is 4.79 Å². The quantitative estimate of drug-likeness (QED) is 0.691. The Kier molecular flexibility index (Phi) is 6.98. The number of urea groups is 1. The number of aliphatic carboxylic acids is 2. The number of carbonyl (C=O) groups excluding carboxylic acids is 1. The summed E-state index contributed by atoms with van der Waals surface area (Å²) in [7, 11) is 0. The maximum Gasteiger partial charge on any atom is 0.326 e. The molecule has 1 saturated heterocycles. The molecule has 0 aromatic rings. The van der Waals surface area contributed by atoms with Crippen LogP contribution < -0.4 is 5.32 Å². The number of nitrogens with zero attached hydrogens (tertiary/aromatic N) is 1. The Bertz CT molecular complexity index is 386. The third-order valence-electron chi connectivity index (χ3n) is 3.79. The van der Waals surface area contributed by atoms with Crippen molar-refractivity contribution in [3.63, 3.8) is 0 Å². The fourth-order valence-electron chi connectivity index (χ4n) is 2.52. The number of nitrogens with one attached hydrogen (secondary N) is 1. The summed E-state index contributed by atoms with van der Waals surface area (Å²) in [5.74, 6) is -2.09. The lowest BCUT2D eigenvalue weighted by Gasteiger charge is -2.28. The molecular weight excluding hydrogens is 276 g/mol. The minimum absolute atomic E-state index is 0.0975. The van der Waals surface area contributed by atoms with Crippen LogP contribution in [0.3, 0.4) is 0 Å². The highest BCUT2D eigenvalue weighted by Crippen LogP contribution is 2.16. The van der Waals surface area contributed by atoms with E-state index in [1.807, 2.05) is 6.92 Å². The molecule has 1 aliphatic rings. The first-order valence-electron chi connectivity index (χ1n) is 7.43. The summed E-state index contributed by atoms with van der Waals surface area (Å²) in [6.07, 6.45) is 4.25. The van der Waals surface area contributed by atoms with Gasteiger partial charge in [0.2, 0.25) is 0 Å². The number of carbonyl (C=O) groups is 3. The summed E-state index contributed by atoms with van der Waals surface area (Å²) < 4.78 is 0. The molecule has 0 spiro atoms. The number of hydrogen-bond acceptors (Lipinski definition) is 3.